The largest absolute Gasteiger partial charge is 0.392 e. The van der Waals surface area contributed by atoms with Gasteiger partial charge < -0.3 is 0 Å². The second-order valence-electron chi connectivity index (χ2n) is 9.74. The van der Waals surface area contributed by atoms with Gasteiger partial charge in [0, 0.05) is 6.42 Å². The van der Waals surface area contributed by atoms with Crippen molar-refractivity contribution >= 4 is 5.78 Å². The Hall–Kier alpha value is -0.800. The Kier molecular flexibility index (Phi) is 3.77. The fourth-order valence-corrected chi connectivity index (χ4v) is 7.44. The first kappa shape index (κ1) is 17.6. The molecular formula is C21H29F3O. The normalized spacial score (nSPS) is 49.9. The molecule has 0 aromatic heterocycles. The number of alkyl halides is 3. The van der Waals surface area contributed by atoms with Crippen molar-refractivity contribution in [1.82, 2.24) is 0 Å². The number of carbonyl (C=O) groups excluding carboxylic acids is 1. The lowest BCUT2D eigenvalue weighted by Gasteiger charge is -2.60. The first-order valence-electron chi connectivity index (χ1n) is 9.88. The highest BCUT2D eigenvalue weighted by Crippen LogP contribution is 2.69. The Morgan fingerprint density at radius 1 is 1.08 bits per heavy atom. The molecule has 0 N–H and O–H groups in total. The maximum absolute atomic E-state index is 13.6. The Morgan fingerprint density at radius 2 is 1.80 bits per heavy atom. The second-order valence-corrected chi connectivity index (χ2v) is 9.74. The summed E-state index contributed by atoms with van der Waals surface area (Å²) in [5, 5.41) is 0. The van der Waals surface area contributed by atoms with Crippen LogP contribution >= 0.6 is 0 Å². The molecule has 4 heteroatoms. The predicted molar refractivity (Wildman–Crippen MR) is 90.8 cm³/mol. The van der Waals surface area contributed by atoms with Crippen molar-refractivity contribution in [2.45, 2.75) is 71.9 Å². The maximum atomic E-state index is 13.6. The molecule has 3 fully saturated rings. The van der Waals surface area contributed by atoms with Gasteiger partial charge in [0.1, 0.15) is 0 Å². The quantitative estimate of drug-likeness (QED) is 0.526. The molecule has 0 aromatic rings. The number of carbonyl (C=O) groups is 1. The summed E-state index contributed by atoms with van der Waals surface area (Å²) < 4.78 is 40.9. The number of hydrogen-bond acceptors (Lipinski definition) is 1. The molecule has 1 nitrogen and oxygen atoms in total. The van der Waals surface area contributed by atoms with Crippen molar-refractivity contribution in [3.8, 4) is 0 Å². The second kappa shape index (κ2) is 5.36. The third-order valence-corrected chi connectivity index (χ3v) is 8.70. The van der Waals surface area contributed by atoms with Gasteiger partial charge in [-0.2, -0.15) is 13.2 Å². The fourth-order valence-electron chi connectivity index (χ4n) is 7.44. The van der Waals surface area contributed by atoms with Crippen LogP contribution in [0.4, 0.5) is 13.2 Å². The van der Waals surface area contributed by atoms with Crippen LogP contribution in [0.15, 0.2) is 11.6 Å². The van der Waals surface area contributed by atoms with E-state index in [4.69, 9.17) is 0 Å². The van der Waals surface area contributed by atoms with Crippen LogP contribution in [0.1, 0.15) is 65.7 Å². The van der Waals surface area contributed by atoms with E-state index in [9.17, 15) is 18.0 Å². The summed E-state index contributed by atoms with van der Waals surface area (Å²) >= 11 is 0. The Bertz CT molecular complexity index is 621. The van der Waals surface area contributed by atoms with Crippen LogP contribution in [0.25, 0.3) is 0 Å². The Morgan fingerprint density at radius 3 is 2.48 bits per heavy atom. The van der Waals surface area contributed by atoms with E-state index in [0.29, 0.717) is 37.0 Å². The summed E-state index contributed by atoms with van der Waals surface area (Å²) in [7, 11) is 0. The average molecular weight is 354 g/mol. The van der Waals surface area contributed by atoms with E-state index >= 15 is 0 Å². The highest BCUT2D eigenvalue weighted by Gasteiger charge is 2.65. The number of rotatable bonds is 0. The molecule has 4 aliphatic rings. The van der Waals surface area contributed by atoms with Gasteiger partial charge in [0.05, 0.1) is 5.92 Å². The highest BCUT2D eigenvalue weighted by atomic mass is 19.4. The maximum Gasteiger partial charge on any atom is 0.392 e. The summed E-state index contributed by atoms with van der Waals surface area (Å²) in [5.74, 6) is 0.491. The van der Waals surface area contributed by atoms with Crippen LogP contribution in [-0.2, 0) is 4.79 Å². The minimum atomic E-state index is -4.07. The standard InChI is InChI=1S/C21H29F3O/c1-12-10-13-11-14(25)6-8-19(13,2)16-7-9-20(3)15(18(12)16)4-5-17(20)21(22,23)24/h11-12,15-18H,4-10H2,1-3H3/t12-,15+,16+,17-,18+,19+,20+/m1/s1. The SMILES string of the molecule is C[C@@H]1CC2=CC(=O)CC[C@]2(C)[C@H]2CC[C@@]3(C)[C@@H](CC[C@H]3C(F)(F)F)[C@H]12. The van der Waals surface area contributed by atoms with E-state index in [2.05, 4.69) is 13.8 Å². The molecule has 0 bridgehead atoms. The van der Waals surface area contributed by atoms with Gasteiger partial charge in [-0.25, -0.2) is 0 Å². The monoisotopic (exact) mass is 354 g/mol. The van der Waals surface area contributed by atoms with Gasteiger partial charge in [0.25, 0.3) is 0 Å². The zero-order chi connectivity index (χ0) is 18.2. The molecule has 25 heavy (non-hydrogen) atoms. The molecule has 4 aliphatic carbocycles. The van der Waals surface area contributed by atoms with E-state index < -0.39 is 17.5 Å². The molecule has 0 heterocycles. The summed E-state index contributed by atoms with van der Waals surface area (Å²) in [6, 6.07) is 0. The first-order chi connectivity index (χ1) is 11.6. The third-order valence-electron chi connectivity index (χ3n) is 8.70. The molecular weight excluding hydrogens is 325 g/mol. The summed E-state index contributed by atoms with van der Waals surface area (Å²) in [4.78, 5) is 11.9. The molecule has 140 valence electrons. The van der Waals surface area contributed by atoms with Crippen LogP contribution in [0, 0.1) is 40.4 Å². The van der Waals surface area contributed by atoms with E-state index in [1.165, 1.54) is 5.57 Å². The van der Waals surface area contributed by atoms with Gasteiger partial charge in [-0.3, -0.25) is 4.79 Å². The predicted octanol–water partition coefficient (Wildman–Crippen LogP) is 5.94. The lowest BCUT2D eigenvalue weighted by Crippen LogP contribution is -2.54. The van der Waals surface area contributed by atoms with Gasteiger partial charge in [-0.15, -0.1) is 0 Å². The van der Waals surface area contributed by atoms with Gasteiger partial charge in [0.2, 0.25) is 0 Å². The van der Waals surface area contributed by atoms with Crippen LogP contribution in [0.5, 0.6) is 0 Å². The topological polar surface area (TPSA) is 17.1 Å². The van der Waals surface area contributed by atoms with Crippen molar-refractivity contribution in [3.63, 3.8) is 0 Å². The van der Waals surface area contributed by atoms with Crippen molar-refractivity contribution in [1.29, 1.82) is 0 Å². The van der Waals surface area contributed by atoms with Crippen molar-refractivity contribution in [2.75, 3.05) is 0 Å². The third kappa shape index (κ3) is 2.38. The van der Waals surface area contributed by atoms with Gasteiger partial charge in [0.15, 0.2) is 5.78 Å². The molecule has 4 rings (SSSR count). The molecule has 0 unspecified atom stereocenters. The zero-order valence-corrected chi connectivity index (χ0v) is 15.5. The Labute approximate surface area is 148 Å². The first-order valence-corrected chi connectivity index (χ1v) is 9.88. The summed E-state index contributed by atoms with van der Waals surface area (Å²) in [6.45, 7) is 6.42. The Balaban J connectivity index is 1.71. The van der Waals surface area contributed by atoms with Gasteiger partial charge in [-0.05, 0) is 79.1 Å². The minimum Gasteiger partial charge on any atom is -0.295 e. The van der Waals surface area contributed by atoms with Crippen molar-refractivity contribution in [3.05, 3.63) is 11.6 Å². The zero-order valence-electron chi connectivity index (χ0n) is 15.5. The van der Waals surface area contributed by atoms with Gasteiger partial charge >= 0.3 is 6.18 Å². The summed E-state index contributed by atoms with van der Waals surface area (Å²) in [5.41, 5.74) is 0.727. The molecule has 3 saturated carbocycles. The number of hydrogen-bond donors (Lipinski definition) is 0. The molecule has 0 radical (unpaired) electrons. The van der Waals surface area contributed by atoms with Crippen LogP contribution in [0.2, 0.25) is 0 Å². The van der Waals surface area contributed by atoms with E-state index in [-0.39, 0.29) is 17.1 Å². The molecule has 0 saturated heterocycles. The average Bonchev–Trinajstić information content (AvgIpc) is 2.86. The lowest BCUT2D eigenvalue weighted by atomic mass is 9.44. The summed E-state index contributed by atoms with van der Waals surface area (Å²) in [6.07, 6.45) is 2.79. The molecule has 7 atom stereocenters. The van der Waals surface area contributed by atoms with E-state index in [1.807, 2.05) is 13.0 Å². The van der Waals surface area contributed by atoms with Gasteiger partial charge in [-0.1, -0.05) is 26.3 Å². The van der Waals surface area contributed by atoms with E-state index in [0.717, 1.165) is 25.7 Å². The van der Waals surface area contributed by atoms with Crippen molar-refractivity contribution in [2.24, 2.45) is 40.4 Å². The fraction of sp³-hybridized carbons (Fsp3) is 0.857. The molecule has 0 aromatic carbocycles. The highest BCUT2D eigenvalue weighted by molar-refractivity contribution is 5.91. The molecule has 0 amide bonds. The van der Waals surface area contributed by atoms with Crippen LogP contribution < -0.4 is 0 Å². The molecule has 0 spiro atoms. The van der Waals surface area contributed by atoms with E-state index in [1.54, 1.807) is 0 Å². The number of fused-ring (bicyclic) bond motifs is 5. The number of ketones is 1. The van der Waals surface area contributed by atoms with Crippen LogP contribution in [-0.4, -0.2) is 12.0 Å². The van der Waals surface area contributed by atoms with Crippen molar-refractivity contribution < 1.29 is 18.0 Å². The van der Waals surface area contributed by atoms with Crippen LogP contribution in [0.3, 0.4) is 0 Å². The minimum absolute atomic E-state index is 0.0305. The number of halogens is 3. The number of allylic oxidation sites excluding steroid dienone is 1. The smallest absolute Gasteiger partial charge is 0.295 e. The lowest BCUT2D eigenvalue weighted by molar-refractivity contribution is -0.214. The molecule has 0 aliphatic heterocycles.